The van der Waals surface area contributed by atoms with Crippen LogP contribution in [0.3, 0.4) is 0 Å². The largest absolute Gasteiger partial charge is 0.368 e. The highest BCUT2D eigenvalue weighted by molar-refractivity contribution is 4.88. The first kappa shape index (κ1) is 9.85. The van der Waals surface area contributed by atoms with E-state index in [0.717, 1.165) is 0 Å². The Morgan fingerprint density at radius 1 is 1.50 bits per heavy atom. The van der Waals surface area contributed by atoms with E-state index in [4.69, 9.17) is 19.9 Å². The minimum atomic E-state index is -1.21. The van der Waals surface area contributed by atoms with Crippen LogP contribution in [-0.2, 0) is 14.2 Å². The number of methoxy groups -OCH3 is 2. The topological polar surface area (TPSA) is 53.7 Å². The third kappa shape index (κ3) is 1.74. The fourth-order valence-electron chi connectivity index (χ4n) is 1.24. The quantitative estimate of drug-likeness (QED) is 0.603. The molecule has 1 aliphatic rings. The fraction of sp³-hybridized carbons (Fsp3) is 1.00. The lowest BCUT2D eigenvalue weighted by atomic mass is 10.1. The van der Waals surface area contributed by atoms with Gasteiger partial charge in [-0.05, 0) is 0 Å². The minimum Gasteiger partial charge on any atom is -0.368 e. The Hall–Kier alpha value is -0.230. The maximum atomic E-state index is 13.2. The van der Waals surface area contributed by atoms with Crippen molar-refractivity contribution >= 4 is 0 Å². The van der Waals surface area contributed by atoms with Crippen molar-refractivity contribution in [3.05, 3.63) is 0 Å². The molecule has 0 bridgehead atoms. The number of nitrogens with two attached hydrogens (primary N) is 1. The molecular formula is C7H14FNO3. The van der Waals surface area contributed by atoms with Gasteiger partial charge in [0.15, 0.2) is 6.29 Å². The molecule has 1 heterocycles. The highest BCUT2D eigenvalue weighted by Crippen LogP contribution is 2.21. The molecule has 3 atom stereocenters. The van der Waals surface area contributed by atoms with Crippen LogP contribution < -0.4 is 5.73 Å². The van der Waals surface area contributed by atoms with Crippen LogP contribution in [0.5, 0.6) is 0 Å². The van der Waals surface area contributed by atoms with Crippen molar-refractivity contribution in [1.29, 1.82) is 0 Å². The van der Waals surface area contributed by atoms with E-state index < -0.39 is 24.6 Å². The smallest absolute Gasteiger partial charge is 0.185 e. The molecule has 1 aliphatic heterocycles. The van der Waals surface area contributed by atoms with Gasteiger partial charge >= 0.3 is 0 Å². The van der Waals surface area contributed by atoms with Crippen LogP contribution in [0.2, 0.25) is 0 Å². The molecule has 1 rings (SSSR count). The van der Waals surface area contributed by atoms with Gasteiger partial charge in [-0.15, -0.1) is 0 Å². The predicted octanol–water partition coefficient (Wildman–Crippen LogP) is -0.331. The Balaban J connectivity index is 2.51. The maximum Gasteiger partial charge on any atom is 0.185 e. The molecule has 0 aromatic heterocycles. The molecule has 0 radical (unpaired) electrons. The van der Waals surface area contributed by atoms with Crippen LogP contribution in [0.1, 0.15) is 0 Å². The first-order valence-corrected chi connectivity index (χ1v) is 3.77. The third-order valence-electron chi connectivity index (χ3n) is 1.94. The second-order valence-electron chi connectivity index (χ2n) is 2.75. The van der Waals surface area contributed by atoms with Crippen molar-refractivity contribution in [2.45, 2.75) is 24.6 Å². The van der Waals surface area contributed by atoms with Crippen LogP contribution >= 0.6 is 0 Å². The molecule has 0 aromatic rings. The van der Waals surface area contributed by atoms with Gasteiger partial charge in [-0.25, -0.2) is 4.39 Å². The van der Waals surface area contributed by atoms with Crippen molar-refractivity contribution in [3.8, 4) is 0 Å². The Morgan fingerprint density at radius 3 is 2.42 bits per heavy atom. The molecule has 1 fully saturated rings. The summed E-state index contributed by atoms with van der Waals surface area (Å²) in [4.78, 5) is 0. The average Bonchev–Trinajstić information content (AvgIpc) is 2.38. The summed E-state index contributed by atoms with van der Waals surface area (Å²) in [6.07, 6.45) is -2.58. The molecular weight excluding hydrogens is 165 g/mol. The number of rotatable bonds is 3. The van der Waals surface area contributed by atoms with Gasteiger partial charge in [0.25, 0.3) is 0 Å². The van der Waals surface area contributed by atoms with Gasteiger partial charge in [-0.1, -0.05) is 0 Å². The SMILES string of the molecule is COC(OC)C1OCC(N)C1F. The Bertz CT molecular complexity index is 143. The van der Waals surface area contributed by atoms with E-state index in [-0.39, 0.29) is 6.61 Å². The number of hydrogen-bond donors (Lipinski definition) is 1. The molecule has 0 aromatic carbocycles. The normalized spacial score (nSPS) is 36.2. The average molecular weight is 179 g/mol. The standard InChI is InChI=1S/C7H14FNO3/c1-10-7(11-2)6-5(8)4(9)3-12-6/h4-7H,3,9H2,1-2H3. The lowest BCUT2D eigenvalue weighted by Crippen LogP contribution is -2.40. The highest BCUT2D eigenvalue weighted by atomic mass is 19.1. The first-order valence-electron chi connectivity index (χ1n) is 3.77. The summed E-state index contributed by atoms with van der Waals surface area (Å²) in [5.41, 5.74) is 5.40. The summed E-state index contributed by atoms with van der Waals surface area (Å²) >= 11 is 0. The summed E-state index contributed by atoms with van der Waals surface area (Å²) in [6, 6.07) is -0.567. The monoisotopic (exact) mass is 179 g/mol. The zero-order valence-electron chi connectivity index (χ0n) is 7.20. The van der Waals surface area contributed by atoms with Crippen molar-refractivity contribution in [1.82, 2.24) is 0 Å². The van der Waals surface area contributed by atoms with E-state index in [1.54, 1.807) is 0 Å². The molecule has 0 aliphatic carbocycles. The summed E-state index contributed by atoms with van der Waals surface area (Å²) in [5.74, 6) is 0. The third-order valence-corrected chi connectivity index (χ3v) is 1.94. The van der Waals surface area contributed by atoms with Gasteiger partial charge in [0.05, 0.1) is 12.6 Å². The van der Waals surface area contributed by atoms with Gasteiger partial charge < -0.3 is 19.9 Å². The second kappa shape index (κ2) is 4.13. The zero-order chi connectivity index (χ0) is 9.14. The van der Waals surface area contributed by atoms with Crippen molar-refractivity contribution in [3.63, 3.8) is 0 Å². The van der Waals surface area contributed by atoms with Gasteiger partial charge in [-0.2, -0.15) is 0 Å². The predicted molar refractivity (Wildman–Crippen MR) is 40.4 cm³/mol. The van der Waals surface area contributed by atoms with Crippen LogP contribution in [-0.4, -0.2) is 45.4 Å². The summed E-state index contributed by atoms with van der Waals surface area (Å²) in [5, 5.41) is 0. The van der Waals surface area contributed by atoms with E-state index in [2.05, 4.69) is 0 Å². The molecule has 0 saturated carbocycles. The van der Waals surface area contributed by atoms with Crippen molar-refractivity contribution in [2.24, 2.45) is 5.73 Å². The van der Waals surface area contributed by atoms with E-state index in [1.807, 2.05) is 0 Å². The van der Waals surface area contributed by atoms with E-state index in [9.17, 15) is 4.39 Å². The van der Waals surface area contributed by atoms with E-state index in [1.165, 1.54) is 14.2 Å². The van der Waals surface area contributed by atoms with E-state index in [0.29, 0.717) is 0 Å². The molecule has 2 N–H and O–H groups in total. The Kier molecular flexibility index (Phi) is 3.39. The van der Waals surface area contributed by atoms with Crippen molar-refractivity contribution in [2.75, 3.05) is 20.8 Å². The number of ether oxygens (including phenoxy) is 3. The Morgan fingerprint density at radius 2 is 2.08 bits per heavy atom. The number of alkyl halides is 1. The van der Waals surface area contributed by atoms with Gasteiger partial charge in [0, 0.05) is 14.2 Å². The second-order valence-corrected chi connectivity index (χ2v) is 2.75. The number of halogens is 1. The van der Waals surface area contributed by atoms with Crippen LogP contribution in [0, 0.1) is 0 Å². The molecule has 0 spiro atoms. The van der Waals surface area contributed by atoms with Gasteiger partial charge in [0.1, 0.15) is 12.3 Å². The minimum absolute atomic E-state index is 0.217. The van der Waals surface area contributed by atoms with Gasteiger partial charge in [-0.3, -0.25) is 0 Å². The molecule has 5 heteroatoms. The molecule has 4 nitrogen and oxygen atoms in total. The summed E-state index contributed by atoms with van der Waals surface area (Å²) < 4.78 is 28.0. The molecule has 3 unspecified atom stereocenters. The lowest BCUT2D eigenvalue weighted by Gasteiger charge is -2.21. The molecule has 72 valence electrons. The van der Waals surface area contributed by atoms with Gasteiger partial charge in [0.2, 0.25) is 0 Å². The first-order chi connectivity index (χ1) is 5.70. The lowest BCUT2D eigenvalue weighted by molar-refractivity contribution is -0.177. The van der Waals surface area contributed by atoms with Crippen LogP contribution in [0.25, 0.3) is 0 Å². The fourth-order valence-corrected chi connectivity index (χ4v) is 1.24. The van der Waals surface area contributed by atoms with Crippen molar-refractivity contribution < 1.29 is 18.6 Å². The molecule has 0 amide bonds. The summed E-state index contributed by atoms with van der Waals surface area (Å²) in [6.45, 7) is 0.217. The summed E-state index contributed by atoms with van der Waals surface area (Å²) in [7, 11) is 2.88. The van der Waals surface area contributed by atoms with E-state index >= 15 is 0 Å². The number of hydrogen-bond acceptors (Lipinski definition) is 4. The Labute approximate surface area is 70.8 Å². The van der Waals surface area contributed by atoms with Crippen LogP contribution in [0.4, 0.5) is 4.39 Å². The molecule has 1 saturated heterocycles. The molecule has 12 heavy (non-hydrogen) atoms. The highest BCUT2D eigenvalue weighted by Gasteiger charge is 2.40. The van der Waals surface area contributed by atoms with Crippen LogP contribution in [0.15, 0.2) is 0 Å². The zero-order valence-corrected chi connectivity index (χ0v) is 7.20. The maximum absolute atomic E-state index is 13.2.